The third kappa shape index (κ3) is 6.30. The van der Waals surface area contributed by atoms with E-state index in [1.54, 1.807) is 9.80 Å². The van der Waals surface area contributed by atoms with Gasteiger partial charge in [0.2, 0.25) is 11.8 Å². The predicted octanol–water partition coefficient (Wildman–Crippen LogP) is 2.01. The van der Waals surface area contributed by atoms with Gasteiger partial charge < -0.3 is 15.1 Å². The van der Waals surface area contributed by atoms with E-state index in [2.05, 4.69) is 33.0 Å². The SMILES string of the molecule is CC(C)CN(C)C(=O)CC1(C(=O)N(C)CC(C)C)CCNC1.Cl. The van der Waals surface area contributed by atoms with Gasteiger partial charge in [-0.25, -0.2) is 0 Å². The van der Waals surface area contributed by atoms with Gasteiger partial charge in [-0.2, -0.15) is 0 Å². The summed E-state index contributed by atoms with van der Waals surface area (Å²) in [6, 6.07) is 0. The Labute approximate surface area is 147 Å². The van der Waals surface area contributed by atoms with Crippen molar-refractivity contribution >= 4 is 24.2 Å². The third-order valence-electron chi connectivity index (χ3n) is 4.24. The molecule has 1 rings (SSSR count). The van der Waals surface area contributed by atoms with Gasteiger partial charge in [0, 0.05) is 40.2 Å². The van der Waals surface area contributed by atoms with Crippen LogP contribution in [0.15, 0.2) is 0 Å². The lowest BCUT2D eigenvalue weighted by Gasteiger charge is -2.33. The molecule has 0 aromatic carbocycles. The second-order valence-corrected chi connectivity index (χ2v) is 7.63. The number of nitrogens with zero attached hydrogens (tertiary/aromatic N) is 2. The van der Waals surface area contributed by atoms with E-state index in [0.717, 1.165) is 26.1 Å². The van der Waals surface area contributed by atoms with E-state index in [1.165, 1.54) is 0 Å². The fourth-order valence-corrected chi connectivity index (χ4v) is 3.26. The van der Waals surface area contributed by atoms with Crippen LogP contribution >= 0.6 is 12.4 Å². The highest BCUT2D eigenvalue weighted by molar-refractivity contribution is 5.89. The molecule has 23 heavy (non-hydrogen) atoms. The molecule has 0 aromatic heterocycles. The van der Waals surface area contributed by atoms with Crippen LogP contribution in [-0.2, 0) is 9.59 Å². The molecule has 1 unspecified atom stereocenters. The number of rotatable bonds is 7. The van der Waals surface area contributed by atoms with Gasteiger partial charge in [0.25, 0.3) is 0 Å². The molecule has 0 aromatic rings. The fourth-order valence-electron chi connectivity index (χ4n) is 3.26. The Balaban J connectivity index is 0.00000484. The van der Waals surface area contributed by atoms with Crippen LogP contribution in [0.4, 0.5) is 0 Å². The zero-order valence-electron chi connectivity index (χ0n) is 15.5. The zero-order chi connectivity index (χ0) is 16.9. The minimum atomic E-state index is -0.564. The topological polar surface area (TPSA) is 52.7 Å². The van der Waals surface area contributed by atoms with Gasteiger partial charge in [0.1, 0.15) is 0 Å². The number of carbonyl (C=O) groups is 2. The summed E-state index contributed by atoms with van der Waals surface area (Å²) in [5.41, 5.74) is -0.564. The average molecular weight is 348 g/mol. The van der Waals surface area contributed by atoms with Gasteiger partial charge >= 0.3 is 0 Å². The standard InChI is InChI=1S/C17H33N3O2.ClH/c1-13(2)10-19(5)15(21)9-17(7-8-18-12-17)16(22)20(6)11-14(3)4;/h13-14,18H,7-12H2,1-6H3;1H. The summed E-state index contributed by atoms with van der Waals surface area (Å²) in [7, 11) is 3.69. The highest BCUT2D eigenvalue weighted by atomic mass is 35.5. The predicted molar refractivity (Wildman–Crippen MR) is 96.7 cm³/mol. The molecule has 136 valence electrons. The summed E-state index contributed by atoms with van der Waals surface area (Å²) in [4.78, 5) is 29.0. The second-order valence-electron chi connectivity index (χ2n) is 7.63. The Morgan fingerprint density at radius 2 is 1.57 bits per heavy atom. The first kappa shape index (κ1) is 22.2. The van der Waals surface area contributed by atoms with E-state index < -0.39 is 5.41 Å². The molecule has 5 nitrogen and oxygen atoms in total. The van der Waals surface area contributed by atoms with Crippen molar-refractivity contribution in [1.29, 1.82) is 0 Å². The number of carbonyl (C=O) groups excluding carboxylic acids is 2. The van der Waals surface area contributed by atoms with Gasteiger partial charge in [0.05, 0.1) is 5.41 Å². The van der Waals surface area contributed by atoms with Crippen LogP contribution in [0.25, 0.3) is 0 Å². The van der Waals surface area contributed by atoms with Crippen LogP contribution < -0.4 is 5.32 Å². The summed E-state index contributed by atoms with van der Waals surface area (Å²) in [5.74, 6) is 1.05. The molecule has 1 atom stereocenters. The zero-order valence-corrected chi connectivity index (χ0v) is 16.3. The van der Waals surface area contributed by atoms with Crippen molar-refractivity contribution in [1.82, 2.24) is 15.1 Å². The summed E-state index contributed by atoms with van der Waals surface area (Å²) in [6.45, 7) is 11.3. The van der Waals surface area contributed by atoms with Crippen LogP contribution in [0.5, 0.6) is 0 Å². The largest absolute Gasteiger partial charge is 0.345 e. The van der Waals surface area contributed by atoms with E-state index in [-0.39, 0.29) is 24.2 Å². The van der Waals surface area contributed by atoms with Crippen molar-refractivity contribution < 1.29 is 9.59 Å². The van der Waals surface area contributed by atoms with Gasteiger partial charge in [0.15, 0.2) is 0 Å². The number of hydrogen-bond acceptors (Lipinski definition) is 3. The van der Waals surface area contributed by atoms with Crippen LogP contribution in [0, 0.1) is 17.3 Å². The maximum Gasteiger partial charge on any atom is 0.230 e. The normalized spacial score (nSPS) is 20.5. The monoisotopic (exact) mass is 347 g/mol. The quantitative estimate of drug-likeness (QED) is 0.766. The molecule has 1 saturated heterocycles. The maximum absolute atomic E-state index is 12.9. The first-order valence-electron chi connectivity index (χ1n) is 8.38. The molecule has 0 radical (unpaired) electrons. The summed E-state index contributed by atoms with van der Waals surface area (Å²) in [6.07, 6.45) is 1.06. The molecule has 0 spiro atoms. The molecule has 2 amide bonds. The van der Waals surface area contributed by atoms with Gasteiger partial charge in [-0.05, 0) is 24.8 Å². The molecular weight excluding hydrogens is 314 g/mol. The Kier molecular flexibility index (Phi) is 9.14. The Hall–Kier alpha value is -0.810. The number of hydrogen-bond donors (Lipinski definition) is 1. The van der Waals surface area contributed by atoms with Gasteiger partial charge in [-0.1, -0.05) is 27.7 Å². The van der Waals surface area contributed by atoms with Gasteiger partial charge in [-0.3, -0.25) is 9.59 Å². The molecule has 1 N–H and O–H groups in total. The highest BCUT2D eigenvalue weighted by Gasteiger charge is 2.45. The number of halogens is 1. The van der Waals surface area contributed by atoms with Crippen molar-refractivity contribution in [2.75, 3.05) is 40.3 Å². The lowest BCUT2D eigenvalue weighted by Crippen LogP contribution is -2.47. The van der Waals surface area contributed by atoms with Crippen molar-refractivity contribution in [3.8, 4) is 0 Å². The summed E-state index contributed by atoms with van der Waals surface area (Å²) < 4.78 is 0. The molecule has 1 aliphatic heterocycles. The number of nitrogens with one attached hydrogen (secondary N) is 1. The average Bonchev–Trinajstić information content (AvgIpc) is 2.85. The molecular formula is C17H34ClN3O2. The Bertz CT molecular complexity index is 393. The second kappa shape index (κ2) is 9.48. The first-order chi connectivity index (χ1) is 10.2. The van der Waals surface area contributed by atoms with Crippen molar-refractivity contribution in [3.63, 3.8) is 0 Å². The molecule has 6 heteroatoms. The molecule has 1 fully saturated rings. The van der Waals surface area contributed by atoms with Crippen molar-refractivity contribution in [2.24, 2.45) is 17.3 Å². The smallest absolute Gasteiger partial charge is 0.230 e. The van der Waals surface area contributed by atoms with E-state index in [9.17, 15) is 9.59 Å². The summed E-state index contributed by atoms with van der Waals surface area (Å²) in [5, 5.41) is 3.27. The van der Waals surface area contributed by atoms with Crippen LogP contribution in [0.2, 0.25) is 0 Å². The minimum Gasteiger partial charge on any atom is -0.345 e. The van der Waals surface area contributed by atoms with Crippen molar-refractivity contribution in [3.05, 3.63) is 0 Å². The van der Waals surface area contributed by atoms with E-state index in [4.69, 9.17) is 0 Å². The molecule has 1 aliphatic rings. The van der Waals surface area contributed by atoms with E-state index >= 15 is 0 Å². The Morgan fingerprint density at radius 1 is 1.04 bits per heavy atom. The number of amides is 2. The molecule has 0 aliphatic carbocycles. The lowest BCUT2D eigenvalue weighted by atomic mass is 9.81. The molecule has 0 saturated carbocycles. The van der Waals surface area contributed by atoms with Crippen molar-refractivity contribution in [2.45, 2.75) is 40.5 Å². The fraction of sp³-hybridized carbons (Fsp3) is 0.882. The summed E-state index contributed by atoms with van der Waals surface area (Å²) >= 11 is 0. The molecule has 0 bridgehead atoms. The van der Waals surface area contributed by atoms with E-state index in [1.807, 2.05) is 14.1 Å². The highest BCUT2D eigenvalue weighted by Crippen LogP contribution is 2.32. The minimum absolute atomic E-state index is 0. The van der Waals surface area contributed by atoms with Crippen LogP contribution in [-0.4, -0.2) is 61.9 Å². The maximum atomic E-state index is 12.9. The molecule has 1 heterocycles. The lowest BCUT2D eigenvalue weighted by molar-refractivity contribution is -0.146. The van der Waals surface area contributed by atoms with Gasteiger partial charge in [-0.15, -0.1) is 12.4 Å². The van der Waals surface area contributed by atoms with Crippen LogP contribution in [0.3, 0.4) is 0 Å². The Morgan fingerprint density at radius 3 is 2.00 bits per heavy atom. The van der Waals surface area contributed by atoms with Crippen LogP contribution in [0.1, 0.15) is 40.5 Å². The third-order valence-corrected chi connectivity index (χ3v) is 4.24. The van der Waals surface area contributed by atoms with E-state index in [0.29, 0.717) is 24.8 Å². The first-order valence-corrected chi connectivity index (χ1v) is 8.38.